The van der Waals surface area contributed by atoms with Crippen molar-refractivity contribution in [1.29, 1.82) is 0 Å². The smallest absolute Gasteiger partial charge is 0.0115 e. The van der Waals surface area contributed by atoms with Crippen molar-refractivity contribution in [3.63, 3.8) is 0 Å². The topological polar surface area (TPSA) is 26.0 Å². The molecule has 1 saturated carbocycles. The van der Waals surface area contributed by atoms with Gasteiger partial charge in [-0.2, -0.15) is 0 Å². The first-order chi connectivity index (χ1) is 5.29. The van der Waals surface area contributed by atoms with Crippen LogP contribution in [-0.4, -0.2) is 6.04 Å². The highest BCUT2D eigenvalue weighted by atomic mass is 14.7. The fourth-order valence-corrected chi connectivity index (χ4v) is 1.58. The molecule has 0 aromatic heterocycles. The minimum absolute atomic E-state index is 0.427. The van der Waals surface area contributed by atoms with E-state index in [-0.39, 0.29) is 0 Å². The van der Waals surface area contributed by atoms with Crippen molar-refractivity contribution < 1.29 is 0 Å². The Hall–Kier alpha value is -0.820. The van der Waals surface area contributed by atoms with Crippen LogP contribution in [0.4, 0.5) is 0 Å². The largest absolute Gasteiger partial charge is 0.327 e. The Morgan fingerprint density at radius 3 is 2.55 bits per heavy atom. The quantitative estimate of drug-likeness (QED) is 0.644. The fourth-order valence-electron chi connectivity index (χ4n) is 1.58. The lowest BCUT2D eigenvalue weighted by atomic mass is 10.0. The summed E-state index contributed by atoms with van der Waals surface area (Å²) in [5.74, 6) is 0.649. The van der Waals surface area contributed by atoms with Crippen molar-refractivity contribution in [1.82, 2.24) is 0 Å². The van der Waals surface area contributed by atoms with Crippen molar-refractivity contribution in [2.75, 3.05) is 0 Å². The normalized spacial score (nSPS) is 28.5. The summed E-state index contributed by atoms with van der Waals surface area (Å²) in [4.78, 5) is 0. The minimum Gasteiger partial charge on any atom is -0.327 e. The predicted octanol–water partition coefficient (Wildman–Crippen LogP) is 1.81. The molecular weight excluding hydrogens is 134 g/mol. The molecule has 1 aliphatic carbocycles. The van der Waals surface area contributed by atoms with Gasteiger partial charge in [0, 0.05) is 12.0 Å². The van der Waals surface area contributed by atoms with Crippen molar-refractivity contribution in [2.24, 2.45) is 5.73 Å². The van der Waals surface area contributed by atoms with Gasteiger partial charge >= 0.3 is 0 Å². The van der Waals surface area contributed by atoms with Crippen molar-refractivity contribution in [3.8, 4) is 0 Å². The third-order valence-electron chi connectivity index (χ3n) is 2.43. The van der Waals surface area contributed by atoms with E-state index >= 15 is 0 Å². The van der Waals surface area contributed by atoms with Crippen LogP contribution in [0.3, 0.4) is 0 Å². The van der Waals surface area contributed by atoms with E-state index in [0.29, 0.717) is 12.0 Å². The van der Waals surface area contributed by atoms with Crippen LogP contribution in [0.1, 0.15) is 23.5 Å². The summed E-state index contributed by atoms with van der Waals surface area (Å²) in [7, 11) is 0. The first-order valence-electron chi connectivity index (χ1n) is 4.10. The van der Waals surface area contributed by atoms with Crippen LogP contribution in [0.2, 0.25) is 0 Å². The van der Waals surface area contributed by atoms with E-state index in [1.807, 2.05) is 0 Å². The number of hydrogen-bond donors (Lipinski definition) is 1. The van der Waals surface area contributed by atoms with Crippen LogP contribution in [0.15, 0.2) is 24.3 Å². The van der Waals surface area contributed by atoms with Crippen molar-refractivity contribution in [2.45, 2.75) is 25.3 Å². The molecule has 0 saturated heterocycles. The molecule has 1 nitrogen and oxygen atoms in total. The average molecular weight is 147 g/mol. The Labute approximate surface area is 67.2 Å². The summed E-state index contributed by atoms with van der Waals surface area (Å²) in [6, 6.07) is 8.93. The van der Waals surface area contributed by atoms with E-state index in [2.05, 4.69) is 31.2 Å². The van der Waals surface area contributed by atoms with Gasteiger partial charge in [-0.15, -0.1) is 0 Å². The lowest BCUT2D eigenvalue weighted by Crippen LogP contribution is -2.01. The Balaban J connectivity index is 2.31. The standard InChI is InChI=1S/C10H13N/c1-7-4-2-3-5-8(7)9-6-10(9)11/h2-5,9-10H,6,11H2,1H3/t9-,10+/m1/s1. The summed E-state index contributed by atoms with van der Waals surface area (Å²) < 4.78 is 0. The molecular formula is C10H13N. The first-order valence-corrected chi connectivity index (χ1v) is 4.10. The molecule has 0 bridgehead atoms. The molecule has 1 aromatic rings. The summed E-state index contributed by atoms with van der Waals surface area (Å²) in [6.45, 7) is 2.15. The fraction of sp³-hybridized carbons (Fsp3) is 0.400. The van der Waals surface area contributed by atoms with Gasteiger partial charge in [-0.3, -0.25) is 0 Å². The maximum absolute atomic E-state index is 5.77. The molecule has 0 aliphatic heterocycles. The molecule has 0 spiro atoms. The first kappa shape index (κ1) is 6.86. The second-order valence-corrected chi connectivity index (χ2v) is 3.36. The van der Waals surface area contributed by atoms with E-state index in [0.717, 1.165) is 0 Å². The molecule has 1 aromatic carbocycles. The van der Waals surface area contributed by atoms with Gasteiger partial charge in [0.15, 0.2) is 0 Å². The minimum atomic E-state index is 0.427. The molecule has 1 aliphatic rings. The van der Waals surface area contributed by atoms with E-state index in [4.69, 9.17) is 5.73 Å². The van der Waals surface area contributed by atoms with E-state index in [1.54, 1.807) is 0 Å². The van der Waals surface area contributed by atoms with Gasteiger partial charge < -0.3 is 5.73 Å². The summed E-state index contributed by atoms with van der Waals surface area (Å²) in [5.41, 5.74) is 8.59. The molecule has 0 unspecified atom stereocenters. The van der Waals surface area contributed by atoms with Gasteiger partial charge in [0.05, 0.1) is 0 Å². The van der Waals surface area contributed by atoms with Crippen LogP contribution < -0.4 is 5.73 Å². The predicted molar refractivity (Wildman–Crippen MR) is 46.5 cm³/mol. The Morgan fingerprint density at radius 1 is 1.36 bits per heavy atom. The van der Waals surface area contributed by atoms with Gasteiger partial charge in [0.25, 0.3) is 0 Å². The zero-order valence-electron chi connectivity index (χ0n) is 6.75. The molecule has 11 heavy (non-hydrogen) atoms. The highest BCUT2D eigenvalue weighted by molar-refractivity contribution is 5.34. The molecule has 1 fully saturated rings. The van der Waals surface area contributed by atoms with Gasteiger partial charge in [-0.1, -0.05) is 24.3 Å². The Morgan fingerprint density at radius 2 is 2.00 bits per heavy atom. The van der Waals surface area contributed by atoms with Crippen LogP contribution >= 0.6 is 0 Å². The van der Waals surface area contributed by atoms with Gasteiger partial charge in [0.2, 0.25) is 0 Å². The SMILES string of the molecule is Cc1ccccc1[C@H]1C[C@@H]1N. The third-order valence-corrected chi connectivity index (χ3v) is 2.43. The molecule has 58 valence electrons. The Kier molecular flexibility index (Phi) is 1.46. The number of hydrogen-bond acceptors (Lipinski definition) is 1. The molecule has 0 amide bonds. The lowest BCUT2D eigenvalue weighted by Gasteiger charge is -2.01. The van der Waals surface area contributed by atoms with E-state index in [1.165, 1.54) is 17.5 Å². The van der Waals surface area contributed by atoms with Gasteiger partial charge in [-0.05, 0) is 24.5 Å². The highest BCUT2D eigenvalue weighted by Crippen LogP contribution is 2.40. The zero-order valence-corrected chi connectivity index (χ0v) is 6.75. The van der Waals surface area contributed by atoms with Crippen LogP contribution in [-0.2, 0) is 0 Å². The van der Waals surface area contributed by atoms with Crippen LogP contribution in [0.5, 0.6) is 0 Å². The number of nitrogens with two attached hydrogens (primary N) is 1. The van der Waals surface area contributed by atoms with Crippen molar-refractivity contribution in [3.05, 3.63) is 35.4 Å². The van der Waals surface area contributed by atoms with Crippen molar-refractivity contribution >= 4 is 0 Å². The van der Waals surface area contributed by atoms with E-state index < -0.39 is 0 Å². The second kappa shape index (κ2) is 2.35. The number of aryl methyl sites for hydroxylation is 1. The lowest BCUT2D eigenvalue weighted by molar-refractivity contribution is 0.980. The zero-order chi connectivity index (χ0) is 7.84. The third kappa shape index (κ3) is 1.16. The number of benzene rings is 1. The highest BCUT2D eigenvalue weighted by Gasteiger charge is 2.35. The maximum atomic E-state index is 5.77. The monoisotopic (exact) mass is 147 g/mol. The summed E-state index contributed by atoms with van der Waals surface area (Å²) >= 11 is 0. The molecule has 1 heteroatoms. The number of rotatable bonds is 1. The maximum Gasteiger partial charge on any atom is 0.0115 e. The van der Waals surface area contributed by atoms with Crippen LogP contribution in [0, 0.1) is 6.92 Å². The molecule has 0 radical (unpaired) electrons. The van der Waals surface area contributed by atoms with Gasteiger partial charge in [0.1, 0.15) is 0 Å². The second-order valence-electron chi connectivity index (χ2n) is 3.36. The summed E-state index contributed by atoms with van der Waals surface area (Å²) in [6.07, 6.45) is 1.17. The summed E-state index contributed by atoms with van der Waals surface area (Å²) in [5, 5.41) is 0. The van der Waals surface area contributed by atoms with Gasteiger partial charge in [-0.25, -0.2) is 0 Å². The Bertz CT molecular complexity index is 267. The average Bonchev–Trinajstić information content (AvgIpc) is 2.68. The molecule has 2 rings (SSSR count). The van der Waals surface area contributed by atoms with Crippen LogP contribution in [0.25, 0.3) is 0 Å². The molecule has 2 atom stereocenters. The molecule has 0 heterocycles. The molecule has 2 N–H and O–H groups in total. The van der Waals surface area contributed by atoms with E-state index in [9.17, 15) is 0 Å².